The second-order valence-electron chi connectivity index (χ2n) is 7.44. The minimum absolute atomic E-state index is 0.661. The summed E-state index contributed by atoms with van der Waals surface area (Å²) in [5.41, 5.74) is 4.21. The minimum atomic E-state index is 0.661. The summed E-state index contributed by atoms with van der Waals surface area (Å²) in [7, 11) is 1.70. The van der Waals surface area contributed by atoms with Crippen molar-refractivity contribution in [1.82, 2.24) is 0 Å². The number of benzene rings is 2. The van der Waals surface area contributed by atoms with E-state index in [0.29, 0.717) is 6.61 Å². The molecule has 4 heteroatoms. The number of nitrogens with one attached hydrogen (secondary N) is 2. The van der Waals surface area contributed by atoms with Gasteiger partial charge < -0.3 is 19.3 Å². The van der Waals surface area contributed by atoms with E-state index >= 15 is 0 Å². The van der Waals surface area contributed by atoms with Crippen LogP contribution in [0, 0.1) is 0 Å². The molecule has 0 atom stereocenters. The molecule has 4 nitrogen and oxygen atoms in total. The van der Waals surface area contributed by atoms with Crippen molar-refractivity contribution < 1.29 is 19.3 Å². The van der Waals surface area contributed by atoms with Crippen molar-refractivity contribution in [3.8, 4) is 11.5 Å². The zero-order valence-corrected chi connectivity index (χ0v) is 17.0. The molecule has 0 unspecified atom stereocenters. The number of hydrogen-bond donors (Lipinski definition) is 2. The Morgan fingerprint density at radius 2 is 1.30 bits per heavy atom. The molecule has 146 valence electrons. The van der Waals surface area contributed by atoms with Gasteiger partial charge >= 0.3 is 0 Å². The van der Waals surface area contributed by atoms with Crippen molar-refractivity contribution >= 4 is 0 Å². The summed E-state index contributed by atoms with van der Waals surface area (Å²) < 4.78 is 11.1. The van der Waals surface area contributed by atoms with E-state index in [1.807, 2.05) is 13.0 Å². The van der Waals surface area contributed by atoms with Gasteiger partial charge in [0, 0.05) is 11.1 Å². The zero-order chi connectivity index (χ0) is 19.1. The molecule has 2 aromatic rings. The molecule has 1 aliphatic rings. The van der Waals surface area contributed by atoms with Crippen LogP contribution in [0.15, 0.2) is 42.5 Å². The van der Waals surface area contributed by atoms with Crippen molar-refractivity contribution in [1.29, 1.82) is 0 Å². The lowest BCUT2D eigenvalue weighted by Gasteiger charge is -2.30. The average molecular weight is 371 g/mol. The highest BCUT2D eigenvalue weighted by atomic mass is 16.5. The number of aryl methyl sites for hydroxylation is 1. The van der Waals surface area contributed by atoms with Crippen molar-refractivity contribution in [3.05, 3.63) is 59.2 Å². The Balaban J connectivity index is 1.51. The first-order valence-electron chi connectivity index (χ1n) is 10.3. The number of quaternary nitrogens is 2. The highest BCUT2D eigenvalue weighted by Gasteiger charge is 2.23. The number of rotatable bonds is 8. The van der Waals surface area contributed by atoms with E-state index in [1.54, 1.807) is 16.9 Å². The van der Waals surface area contributed by atoms with Crippen LogP contribution in [-0.2, 0) is 19.5 Å². The smallest absolute Gasteiger partial charge is 0.161 e. The maximum absolute atomic E-state index is 5.72. The van der Waals surface area contributed by atoms with Gasteiger partial charge in [-0.05, 0) is 37.1 Å². The van der Waals surface area contributed by atoms with E-state index in [9.17, 15) is 0 Å². The molecule has 0 aliphatic carbocycles. The summed E-state index contributed by atoms with van der Waals surface area (Å²) in [6.45, 7) is 12.0. The summed E-state index contributed by atoms with van der Waals surface area (Å²) in [6.07, 6.45) is 1.12. The van der Waals surface area contributed by atoms with E-state index < -0.39 is 0 Å². The molecule has 2 aromatic carbocycles. The largest absolute Gasteiger partial charge is 0.493 e. The first kappa shape index (κ1) is 19.7. The third kappa shape index (κ3) is 5.47. The van der Waals surface area contributed by atoms with Gasteiger partial charge in [-0.25, -0.2) is 0 Å². The van der Waals surface area contributed by atoms with E-state index in [1.165, 1.54) is 42.9 Å². The normalized spacial score (nSPS) is 19.7. The molecule has 0 aromatic heterocycles. The van der Waals surface area contributed by atoms with Gasteiger partial charge in [-0.3, -0.25) is 0 Å². The molecule has 2 N–H and O–H groups in total. The summed E-state index contributed by atoms with van der Waals surface area (Å²) in [4.78, 5) is 3.36. The second-order valence-corrected chi connectivity index (χ2v) is 7.44. The van der Waals surface area contributed by atoms with Crippen LogP contribution in [0.5, 0.6) is 11.5 Å². The van der Waals surface area contributed by atoms with Crippen LogP contribution in [0.1, 0.15) is 30.5 Å². The molecule has 3 rings (SSSR count). The van der Waals surface area contributed by atoms with Crippen LogP contribution in [0.25, 0.3) is 0 Å². The molecule has 1 aliphatic heterocycles. The van der Waals surface area contributed by atoms with Crippen LogP contribution in [0.2, 0.25) is 0 Å². The Morgan fingerprint density at radius 1 is 0.741 bits per heavy atom. The average Bonchev–Trinajstić information content (AvgIpc) is 2.71. The molecule has 0 radical (unpaired) electrons. The summed E-state index contributed by atoms with van der Waals surface area (Å²) in [6, 6.07) is 15.5. The molecular formula is C23H34N2O2+2. The van der Waals surface area contributed by atoms with E-state index in [0.717, 1.165) is 31.0 Å². The van der Waals surface area contributed by atoms with Gasteiger partial charge in [-0.2, -0.15) is 0 Å². The van der Waals surface area contributed by atoms with Gasteiger partial charge in [0.25, 0.3) is 0 Å². The second kappa shape index (κ2) is 9.77. The van der Waals surface area contributed by atoms with Crippen LogP contribution in [0.3, 0.4) is 0 Å². The summed E-state index contributed by atoms with van der Waals surface area (Å²) in [5.74, 6) is 1.68. The van der Waals surface area contributed by atoms with E-state index in [4.69, 9.17) is 9.47 Å². The quantitative estimate of drug-likeness (QED) is 0.729. The third-order valence-corrected chi connectivity index (χ3v) is 5.53. The Hall–Kier alpha value is -2.04. The molecule has 0 spiro atoms. The van der Waals surface area contributed by atoms with Gasteiger partial charge in [-0.1, -0.05) is 31.2 Å². The Labute approximate surface area is 163 Å². The van der Waals surface area contributed by atoms with Gasteiger partial charge in [-0.15, -0.1) is 0 Å². The fraction of sp³-hybridized carbons (Fsp3) is 0.478. The van der Waals surface area contributed by atoms with Crippen molar-refractivity contribution in [2.75, 3.05) is 39.9 Å². The van der Waals surface area contributed by atoms with Crippen molar-refractivity contribution in [2.45, 2.75) is 33.4 Å². The zero-order valence-electron chi connectivity index (χ0n) is 17.0. The molecule has 0 amide bonds. The number of methoxy groups -OCH3 is 1. The highest BCUT2D eigenvalue weighted by molar-refractivity contribution is 5.42. The van der Waals surface area contributed by atoms with Crippen LogP contribution < -0.4 is 19.3 Å². The molecule has 0 saturated carbocycles. The third-order valence-electron chi connectivity index (χ3n) is 5.53. The lowest BCUT2D eigenvalue weighted by Crippen LogP contribution is -3.27. The first-order valence-corrected chi connectivity index (χ1v) is 10.3. The van der Waals surface area contributed by atoms with Gasteiger partial charge in [0.2, 0.25) is 0 Å². The number of hydrogen-bond acceptors (Lipinski definition) is 2. The SMILES string of the molecule is CCOc1cc(C[NH+]2CC[NH+](Cc3ccc(CC)cc3)CC2)ccc1OC. The fourth-order valence-corrected chi connectivity index (χ4v) is 3.88. The molecule has 1 fully saturated rings. The fourth-order valence-electron chi connectivity index (χ4n) is 3.88. The highest BCUT2D eigenvalue weighted by Crippen LogP contribution is 2.27. The molecule has 1 saturated heterocycles. The summed E-state index contributed by atoms with van der Waals surface area (Å²) >= 11 is 0. The minimum Gasteiger partial charge on any atom is -0.493 e. The molecule has 27 heavy (non-hydrogen) atoms. The molecular weight excluding hydrogens is 336 g/mol. The van der Waals surface area contributed by atoms with E-state index in [2.05, 4.69) is 43.3 Å². The monoisotopic (exact) mass is 370 g/mol. The van der Waals surface area contributed by atoms with E-state index in [-0.39, 0.29) is 0 Å². The Morgan fingerprint density at radius 3 is 1.85 bits per heavy atom. The standard InChI is InChI=1S/C23H32N2O2/c1-4-19-6-8-20(9-7-19)17-24-12-14-25(15-13-24)18-21-10-11-22(26-3)23(16-21)27-5-2/h6-11,16H,4-5,12-15,17-18H2,1-3H3/p+2. The van der Waals surface area contributed by atoms with Crippen molar-refractivity contribution in [3.63, 3.8) is 0 Å². The van der Waals surface area contributed by atoms with Gasteiger partial charge in [0.15, 0.2) is 11.5 Å². The maximum atomic E-state index is 5.72. The molecule has 1 heterocycles. The predicted molar refractivity (Wildman–Crippen MR) is 109 cm³/mol. The van der Waals surface area contributed by atoms with Crippen LogP contribution in [-0.4, -0.2) is 39.9 Å². The van der Waals surface area contributed by atoms with Gasteiger partial charge in [0.05, 0.1) is 13.7 Å². The van der Waals surface area contributed by atoms with Crippen LogP contribution >= 0.6 is 0 Å². The topological polar surface area (TPSA) is 27.3 Å². The lowest BCUT2D eigenvalue weighted by molar-refractivity contribution is -1.02. The van der Waals surface area contributed by atoms with Gasteiger partial charge in [0.1, 0.15) is 39.3 Å². The summed E-state index contributed by atoms with van der Waals surface area (Å²) in [5, 5.41) is 0. The lowest BCUT2D eigenvalue weighted by atomic mass is 10.1. The predicted octanol–water partition coefficient (Wildman–Crippen LogP) is 1.14. The Kier molecular flexibility index (Phi) is 7.13. The molecule has 0 bridgehead atoms. The maximum Gasteiger partial charge on any atom is 0.161 e. The van der Waals surface area contributed by atoms with Crippen LogP contribution in [0.4, 0.5) is 0 Å². The Bertz CT molecular complexity index is 707. The van der Waals surface area contributed by atoms with Crippen molar-refractivity contribution in [2.24, 2.45) is 0 Å². The number of ether oxygens (including phenoxy) is 2. The first-order chi connectivity index (χ1) is 13.2. The number of piperazine rings is 1.